The number of amides is 1. The highest BCUT2D eigenvalue weighted by Crippen LogP contribution is 2.24. The van der Waals surface area contributed by atoms with Gasteiger partial charge in [0.05, 0.1) is 11.7 Å². The number of nitrogens with zero attached hydrogens (tertiary/aromatic N) is 3. The van der Waals surface area contributed by atoms with Gasteiger partial charge in [-0.1, -0.05) is 17.8 Å². The first-order valence-electron chi connectivity index (χ1n) is 6.94. The summed E-state index contributed by atoms with van der Waals surface area (Å²) in [5, 5.41) is 10.3. The van der Waals surface area contributed by atoms with E-state index in [9.17, 15) is 4.79 Å². The number of aromatic nitrogens is 2. The van der Waals surface area contributed by atoms with E-state index >= 15 is 0 Å². The molecule has 0 fully saturated rings. The molecule has 0 N–H and O–H groups in total. The molecule has 0 aliphatic heterocycles. The number of hydrogen-bond donors (Lipinski definition) is 0. The van der Waals surface area contributed by atoms with Gasteiger partial charge in [-0.25, -0.2) is 0 Å². The molecule has 114 valence electrons. The van der Waals surface area contributed by atoms with Crippen molar-refractivity contribution >= 4 is 29.0 Å². The highest BCUT2D eigenvalue weighted by Gasteiger charge is 2.21. The van der Waals surface area contributed by atoms with Gasteiger partial charge in [-0.2, -0.15) is 0 Å². The molecule has 1 atom stereocenters. The topological polar surface area (TPSA) is 59.2 Å². The Kier molecular flexibility index (Phi) is 5.81. The van der Waals surface area contributed by atoms with Crippen molar-refractivity contribution in [2.75, 3.05) is 13.1 Å². The first-order chi connectivity index (χ1) is 10.1. The van der Waals surface area contributed by atoms with Gasteiger partial charge >= 0.3 is 0 Å². The SMILES string of the molecule is CCN(CC)C(=O)[C@H](C)Sc1nnc(Cc2cccs2)o1. The third-order valence-corrected chi connectivity index (χ3v) is 4.85. The summed E-state index contributed by atoms with van der Waals surface area (Å²) in [6, 6.07) is 4.03. The van der Waals surface area contributed by atoms with E-state index in [0.717, 1.165) is 0 Å². The van der Waals surface area contributed by atoms with Gasteiger partial charge in [0.25, 0.3) is 5.22 Å². The molecule has 21 heavy (non-hydrogen) atoms. The second-order valence-corrected chi connectivity index (χ2v) is 6.81. The molecule has 7 heteroatoms. The fourth-order valence-electron chi connectivity index (χ4n) is 1.91. The van der Waals surface area contributed by atoms with Crippen LogP contribution in [0.25, 0.3) is 0 Å². The molecule has 2 aromatic heterocycles. The molecule has 2 aromatic rings. The Morgan fingerprint density at radius 1 is 1.43 bits per heavy atom. The zero-order valence-corrected chi connectivity index (χ0v) is 14.0. The van der Waals surface area contributed by atoms with Crippen molar-refractivity contribution in [2.24, 2.45) is 0 Å². The second-order valence-electron chi connectivity index (χ2n) is 4.49. The maximum absolute atomic E-state index is 12.2. The molecular weight excluding hydrogens is 306 g/mol. The predicted molar refractivity (Wildman–Crippen MR) is 84.7 cm³/mol. The van der Waals surface area contributed by atoms with Gasteiger partial charge in [-0.05, 0) is 32.2 Å². The van der Waals surface area contributed by atoms with Gasteiger partial charge in [0.1, 0.15) is 0 Å². The lowest BCUT2D eigenvalue weighted by Gasteiger charge is -2.21. The monoisotopic (exact) mass is 325 g/mol. The van der Waals surface area contributed by atoms with Crippen LogP contribution in [0.2, 0.25) is 0 Å². The van der Waals surface area contributed by atoms with Crippen molar-refractivity contribution in [2.45, 2.75) is 37.7 Å². The molecular formula is C14H19N3O2S2. The first kappa shape index (κ1) is 16.0. The Morgan fingerprint density at radius 2 is 2.19 bits per heavy atom. The maximum atomic E-state index is 12.2. The molecule has 0 bridgehead atoms. The van der Waals surface area contributed by atoms with Crippen LogP contribution in [0, 0.1) is 0 Å². The molecule has 0 aromatic carbocycles. The molecule has 2 heterocycles. The molecule has 0 saturated carbocycles. The third kappa shape index (κ3) is 4.31. The lowest BCUT2D eigenvalue weighted by molar-refractivity contribution is -0.129. The molecule has 0 saturated heterocycles. The second kappa shape index (κ2) is 7.61. The van der Waals surface area contributed by atoms with Crippen molar-refractivity contribution in [1.82, 2.24) is 15.1 Å². The van der Waals surface area contributed by atoms with Crippen molar-refractivity contribution in [3.63, 3.8) is 0 Å². The summed E-state index contributed by atoms with van der Waals surface area (Å²) in [7, 11) is 0. The van der Waals surface area contributed by atoms with Crippen LogP contribution < -0.4 is 0 Å². The van der Waals surface area contributed by atoms with Crippen molar-refractivity contribution in [3.8, 4) is 0 Å². The van der Waals surface area contributed by atoms with E-state index in [2.05, 4.69) is 10.2 Å². The highest BCUT2D eigenvalue weighted by atomic mass is 32.2. The molecule has 2 rings (SSSR count). The number of thioether (sulfide) groups is 1. The zero-order valence-electron chi connectivity index (χ0n) is 12.4. The summed E-state index contributed by atoms with van der Waals surface area (Å²) in [6.45, 7) is 7.26. The van der Waals surface area contributed by atoms with Gasteiger partial charge in [-0.3, -0.25) is 4.79 Å². The normalized spacial score (nSPS) is 12.3. The van der Waals surface area contributed by atoms with Crippen LogP contribution in [-0.2, 0) is 11.2 Å². The number of hydrogen-bond acceptors (Lipinski definition) is 6. The van der Waals surface area contributed by atoms with Crippen molar-refractivity contribution in [1.29, 1.82) is 0 Å². The molecule has 0 aliphatic rings. The molecule has 0 radical (unpaired) electrons. The Labute approximate surface area is 132 Å². The lowest BCUT2D eigenvalue weighted by Crippen LogP contribution is -2.36. The predicted octanol–water partition coefficient (Wildman–Crippen LogP) is 3.07. The quantitative estimate of drug-likeness (QED) is 0.732. The summed E-state index contributed by atoms with van der Waals surface area (Å²) in [6.07, 6.45) is 0.642. The summed E-state index contributed by atoms with van der Waals surface area (Å²) in [4.78, 5) is 15.2. The number of carbonyl (C=O) groups is 1. The van der Waals surface area contributed by atoms with Crippen LogP contribution >= 0.6 is 23.1 Å². The summed E-state index contributed by atoms with van der Waals surface area (Å²) < 4.78 is 5.60. The Hall–Kier alpha value is -1.34. The molecule has 0 aliphatic carbocycles. The average molecular weight is 325 g/mol. The average Bonchev–Trinajstić information content (AvgIpc) is 3.12. The summed E-state index contributed by atoms with van der Waals surface area (Å²) >= 11 is 2.98. The fourth-order valence-corrected chi connectivity index (χ4v) is 3.39. The van der Waals surface area contributed by atoms with E-state index in [1.54, 1.807) is 16.2 Å². The maximum Gasteiger partial charge on any atom is 0.277 e. The van der Waals surface area contributed by atoms with Crippen molar-refractivity contribution in [3.05, 3.63) is 28.3 Å². The molecule has 5 nitrogen and oxygen atoms in total. The molecule has 0 unspecified atom stereocenters. The zero-order chi connectivity index (χ0) is 15.2. The van der Waals surface area contributed by atoms with Crippen LogP contribution in [0.5, 0.6) is 0 Å². The Morgan fingerprint density at radius 3 is 2.81 bits per heavy atom. The van der Waals surface area contributed by atoms with E-state index in [4.69, 9.17) is 4.42 Å². The Bertz CT molecular complexity index is 565. The van der Waals surface area contributed by atoms with Gasteiger partial charge in [-0.15, -0.1) is 21.5 Å². The number of thiophene rings is 1. The largest absolute Gasteiger partial charge is 0.416 e. The highest BCUT2D eigenvalue weighted by molar-refractivity contribution is 8.00. The smallest absolute Gasteiger partial charge is 0.277 e. The van der Waals surface area contributed by atoms with E-state index in [1.807, 2.05) is 38.3 Å². The van der Waals surface area contributed by atoms with Gasteiger partial charge in [0, 0.05) is 18.0 Å². The van der Waals surface area contributed by atoms with E-state index in [1.165, 1.54) is 16.6 Å². The standard InChI is InChI=1S/C14H19N3O2S2/c1-4-17(5-2)13(18)10(3)21-14-16-15-12(19-14)9-11-7-6-8-20-11/h6-8,10H,4-5,9H2,1-3H3/t10-/m0/s1. The van der Waals surface area contributed by atoms with Crippen LogP contribution in [-0.4, -0.2) is 39.3 Å². The van der Waals surface area contributed by atoms with Gasteiger partial charge < -0.3 is 9.32 Å². The van der Waals surface area contributed by atoms with Crippen LogP contribution in [0.1, 0.15) is 31.5 Å². The van der Waals surface area contributed by atoms with Crippen LogP contribution in [0.3, 0.4) is 0 Å². The molecule has 0 spiro atoms. The van der Waals surface area contributed by atoms with Crippen LogP contribution in [0.15, 0.2) is 27.2 Å². The first-order valence-corrected chi connectivity index (χ1v) is 8.70. The lowest BCUT2D eigenvalue weighted by atomic mass is 10.3. The number of carbonyl (C=O) groups excluding carboxylic acids is 1. The van der Waals surface area contributed by atoms with Crippen molar-refractivity contribution < 1.29 is 9.21 Å². The Balaban J connectivity index is 1.94. The minimum absolute atomic E-state index is 0.100. The number of rotatable bonds is 7. The van der Waals surface area contributed by atoms with E-state index in [0.29, 0.717) is 30.6 Å². The van der Waals surface area contributed by atoms with E-state index < -0.39 is 0 Å². The van der Waals surface area contributed by atoms with Crippen LogP contribution in [0.4, 0.5) is 0 Å². The third-order valence-electron chi connectivity index (χ3n) is 3.05. The molecule has 1 amide bonds. The van der Waals surface area contributed by atoms with E-state index in [-0.39, 0.29) is 11.2 Å². The fraction of sp³-hybridized carbons (Fsp3) is 0.500. The summed E-state index contributed by atoms with van der Waals surface area (Å²) in [5.41, 5.74) is 0. The van der Waals surface area contributed by atoms with Gasteiger partial charge in [0.2, 0.25) is 11.8 Å². The summed E-state index contributed by atoms with van der Waals surface area (Å²) in [5.74, 6) is 0.686. The minimum Gasteiger partial charge on any atom is -0.416 e. The van der Waals surface area contributed by atoms with Gasteiger partial charge in [0.15, 0.2) is 0 Å². The minimum atomic E-state index is -0.222.